The van der Waals surface area contributed by atoms with E-state index in [0.717, 1.165) is 5.69 Å². The predicted octanol–water partition coefficient (Wildman–Crippen LogP) is 3.32. The van der Waals surface area contributed by atoms with E-state index in [9.17, 15) is 4.79 Å². The number of anilines is 2. The molecule has 0 bridgehead atoms. The Kier molecular flexibility index (Phi) is 6.11. The van der Waals surface area contributed by atoms with Crippen LogP contribution in [0.4, 0.5) is 11.5 Å². The average Bonchev–Trinajstić information content (AvgIpc) is 2.56. The topological polar surface area (TPSA) is 63.2 Å². The zero-order valence-corrected chi connectivity index (χ0v) is 13.8. The van der Waals surface area contributed by atoms with Crippen molar-refractivity contribution >= 4 is 17.4 Å². The molecule has 0 radical (unpaired) electrons. The molecule has 0 atom stereocenters. The molecule has 0 saturated carbocycles. The van der Waals surface area contributed by atoms with E-state index in [1.165, 1.54) is 5.56 Å². The Morgan fingerprint density at radius 3 is 2.61 bits per heavy atom. The fourth-order valence-corrected chi connectivity index (χ4v) is 2.11. The summed E-state index contributed by atoms with van der Waals surface area (Å²) in [4.78, 5) is 16.3. The normalized spacial score (nSPS) is 10.6. The first kappa shape index (κ1) is 17.0. The number of hydrogen-bond acceptors (Lipinski definition) is 4. The van der Waals surface area contributed by atoms with E-state index in [1.54, 1.807) is 25.4 Å². The summed E-state index contributed by atoms with van der Waals surface area (Å²) in [5.41, 5.74) is 2.80. The maximum atomic E-state index is 12.0. The van der Waals surface area contributed by atoms with Crippen molar-refractivity contribution in [3.8, 4) is 0 Å². The summed E-state index contributed by atoms with van der Waals surface area (Å²) in [5, 5.41) is 6.01. The Balaban J connectivity index is 2.03. The summed E-state index contributed by atoms with van der Waals surface area (Å²) in [5.74, 6) is 1.01. The minimum absolute atomic E-state index is 0.136. The highest BCUT2D eigenvalue weighted by Gasteiger charge is 2.07. The molecule has 0 aliphatic carbocycles. The number of amides is 1. The Morgan fingerprint density at radius 2 is 1.96 bits per heavy atom. The van der Waals surface area contributed by atoms with Crippen LogP contribution in [0.2, 0.25) is 0 Å². The molecule has 5 heteroatoms. The molecule has 0 unspecified atom stereocenters. The minimum atomic E-state index is -0.136. The third-order valence-electron chi connectivity index (χ3n) is 3.46. The molecule has 5 nitrogen and oxygen atoms in total. The first-order valence-electron chi connectivity index (χ1n) is 7.70. The van der Waals surface area contributed by atoms with Crippen LogP contribution >= 0.6 is 0 Å². The van der Waals surface area contributed by atoms with Crippen molar-refractivity contribution in [2.75, 3.05) is 25.6 Å². The van der Waals surface area contributed by atoms with Gasteiger partial charge in [0, 0.05) is 31.1 Å². The van der Waals surface area contributed by atoms with E-state index in [4.69, 9.17) is 4.74 Å². The number of hydrogen-bond donors (Lipinski definition) is 2. The number of carbonyl (C=O) groups excluding carboxylic acids is 1. The number of ether oxygens (including phenoxy) is 1. The summed E-state index contributed by atoms with van der Waals surface area (Å²) in [7, 11) is 1.60. The van der Waals surface area contributed by atoms with E-state index in [2.05, 4.69) is 41.6 Å². The number of rotatable bonds is 7. The summed E-state index contributed by atoms with van der Waals surface area (Å²) < 4.78 is 4.92. The third kappa shape index (κ3) is 5.07. The average molecular weight is 313 g/mol. The van der Waals surface area contributed by atoms with Gasteiger partial charge in [0.25, 0.3) is 5.91 Å². The summed E-state index contributed by atoms with van der Waals surface area (Å²) >= 11 is 0. The summed E-state index contributed by atoms with van der Waals surface area (Å²) in [6.45, 7) is 5.30. The lowest BCUT2D eigenvalue weighted by molar-refractivity contribution is 0.0937. The van der Waals surface area contributed by atoms with Crippen LogP contribution < -0.4 is 10.6 Å². The Morgan fingerprint density at radius 1 is 1.22 bits per heavy atom. The maximum absolute atomic E-state index is 12.0. The van der Waals surface area contributed by atoms with Gasteiger partial charge in [-0.15, -0.1) is 0 Å². The maximum Gasteiger partial charge on any atom is 0.251 e. The summed E-state index contributed by atoms with van der Waals surface area (Å²) in [6.07, 6.45) is 1.62. The van der Waals surface area contributed by atoms with E-state index in [0.29, 0.717) is 30.5 Å². The number of carbonyl (C=O) groups is 1. The first-order valence-corrected chi connectivity index (χ1v) is 7.70. The van der Waals surface area contributed by atoms with Gasteiger partial charge in [0.1, 0.15) is 5.82 Å². The van der Waals surface area contributed by atoms with Crippen molar-refractivity contribution in [1.82, 2.24) is 10.3 Å². The van der Waals surface area contributed by atoms with Gasteiger partial charge in [-0.1, -0.05) is 26.0 Å². The van der Waals surface area contributed by atoms with Crippen LogP contribution in [-0.4, -0.2) is 31.2 Å². The van der Waals surface area contributed by atoms with E-state index in [1.807, 2.05) is 12.1 Å². The molecule has 0 spiro atoms. The molecule has 2 rings (SSSR count). The van der Waals surface area contributed by atoms with E-state index in [-0.39, 0.29) is 5.91 Å². The number of pyridine rings is 1. The van der Waals surface area contributed by atoms with Gasteiger partial charge in [0.05, 0.1) is 6.61 Å². The SMILES string of the molecule is COCCNC(=O)c1ccnc(Nc2ccc(C(C)C)cc2)c1. The van der Waals surface area contributed by atoms with Gasteiger partial charge in [-0.05, 0) is 35.7 Å². The molecule has 0 saturated heterocycles. The van der Waals surface area contributed by atoms with Gasteiger partial charge >= 0.3 is 0 Å². The minimum Gasteiger partial charge on any atom is -0.383 e. The van der Waals surface area contributed by atoms with Gasteiger partial charge < -0.3 is 15.4 Å². The van der Waals surface area contributed by atoms with Crippen molar-refractivity contribution < 1.29 is 9.53 Å². The molecule has 0 fully saturated rings. The highest BCUT2D eigenvalue weighted by atomic mass is 16.5. The standard InChI is InChI=1S/C18H23N3O2/c1-13(2)14-4-6-16(7-5-14)21-17-12-15(8-9-19-17)18(22)20-10-11-23-3/h4-9,12-13H,10-11H2,1-3H3,(H,19,21)(H,20,22). The number of aromatic nitrogens is 1. The molecule has 122 valence electrons. The van der Waals surface area contributed by atoms with Crippen LogP contribution in [0.3, 0.4) is 0 Å². The zero-order chi connectivity index (χ0) is 16.7. The number of nitrogens with one attached hydrogen (secondary N) is 2. The van der Waals surface area contributed by atoms with Crippen LogP contribution in [0.25, 0.3) is 0 Å². The highest BCUT2D eigenvalue weighted by Crippen LogP contribution is 2.20. The molecule has 23 heavy (non-hydrogen) atoms. The second-order valence-electron chi connectivity index (χ2n) is 5.58. The lowest BCUT2D eigenvalue weighted by atomic mass is 10.0. The third-order valence-corrected chi connectivity index (χ3v) is 3.46. The van der Waals surface area contributed by atoms with Gasteiger partial charge in [-0.25, -0.2) is 4.98 Å². The molecule has 2 aromatic rings. The fourth-order valence-electron chi connectivity index (χ4n) is 2.11. The summed E-state index contributed by atoms with van der Waals surface area (Å²) in [6, 6.07) is 11.6. The van der Waals surface area contributed by atoms with Crippen LogP contribution in [0.15, 0.2) is 42.6 Å². The molecular formula is C18H23N3O2. The van der Waals surface area contributed by atoms with Crippen molar-refractivity contribution in [2.24, 2.45) is 0 Å². The quantitative estimate of drug-likeness (QED) is 0.770. The largest absolute Gasteiger partial charge is 0.383 e. The second-order valence-corrected chi connectivity index (χ2v) is 5.58. The molecule has 0 aliphatic heterocycles. The molecule has 2 N–H and O–H groups in total. The Labute approximate surface area is 137 Å². The smallest absolute Gasteiger partial charge is 0.251 e. The highest BCUT2D eigenvalue weighted by molar-refractivity contribution is 5.94. The molecule has 1 heterocycles. The van der Waals surface area contributed by atoms with Gasteiger partial charge in [0.15, 0.2) is 0 Å². The van der Waals surface area contributed by atoms with Crippen molar-refractivity contribution in [3.63, 3.8) is 0 Å². The Hall–Kier alpha value is -2.40. The Bertz CT molecular complexity index is 639. The predicted molar refractivity (Wildman–Crippen MR) is 92.3 cm³/mol. The van der Waals surface area contributed by atoms with Gasteiger partial charge in [-0.2, -0.15) is 0 Å². The van der Waals surface area contributed by atoms with Crippen LogP contribution in [-0.2, 0) is 4.74 Å². The first-order chi connectivity index (χ1) is 11.1. The van der Waals surface area contributed by atoms with Crippen LogP contribution in [0, 0.1) is 0 Å². The molecule has 1 aromatic carbocycles. The van der Waals surface area contributed by atoms with Crippen molar-refractivity contribution in [3.05, 3.63) is 53.7 Å². The van der Waals surface area contributed by atoms with Gasteiger partial charge in [-0.3, -0.25) is 4.79 Å². The number of nitrogens with zero attached hydrogens (tertiary/aromatic N) is 1. The van der Waals surface area contributed by atoms with Crippen LogP contribution in [0.1, 0.15) is 35.7 Å². The van der Waals surface area contributed by atoms with E-state index >= 15 is 0 Å². The molecule has 1 amide bonds. The van der Waals surface area contributed by atoms with E-state index < -0.39 is 0 Å². The van der Waals surface area contributed by atoms with Crippen molar-refractivity contribution in [2.45, 2.75) is 19.8 Å². The number of methoxy groups -OCH3 is 1. The fraction of sp³-hybridized carbons (Fsp3) is 0.333. The van der Waals surface area contributed by atoms with Gasteiger partial charge in [0.2, 0.25) is 0 Å². The molecular weight excluding hydrogens is 290 g/mol. The second kappa shape index (κ2) is 8.29. The molecule has 0 aliphatic rings. The monoisotopic (exact) mass is 313 g/mol. The zero-order valence-electron chi connectivity index (χ0n) is 13.8. The molecule has 1 aromatic heterocycles. The van der Waals surface area contributed by atoms with Crippen molar-refractivity contribution in [1.29, 1.82) is 0 Å². The number of benzene rings is 1. The van der Waals surface area contributed by atoms with Crippen LogP contribution in [0.5, 0.6) is 0 Å². The lowest BCUT2D eigenvalue weighted by Gasteiger charge is -2.10. The lowest BCUT2D eigenvalue weighted by Crippen LogP contribution is -2.26.